The van der Waals surface area contributed by atoms with E-state index >= 15 is 0 Å². The van der Waals surface area contributed by atoms with Crippen LogP contribution in [0.25, 0.3) is 0 Å². The number of carbonyl (C=O) groups is 3. The van der Waals surface area contributed by atoms with Gasteiger partial charge in [0, 0.05) is 12.8 Å². The van der Waals surface area contributed by atoms with Crippen molar-refractivity contribution < 1.29 is 19.1 Å². The predicted molar refractivity (Wildman–Crippen MR) is 69.5 cm³/mol. The van der Waals surface area contributed by atoms with Gasteiger partial charge in [-0.1, -0.05) is 20.3 Å². The van der Waals surface area contributed by atoms with Gasteiger partial charge < -0.3 is 4.74 Å². The molecule has 19 heavy (non-hydrogen) atoms. The van der Waals surface area contributed by atoms with Crippen molar-refractivity contribution in [3.8, 4) is 0 Å². The van der Waals surface area contributed by atoms with Crippen LogP contribution in [0.2, 0.25) is 0 Å². The Bertz CT molecular complexity index is 371. The first kappa shape index (κ1) is 14.2. The van der Waals surface area contributed by atoms with E-state index in [0.29, 0.717) is 5.92 Å². The minimum Gasteiger partial charge on any atom is -0.458 e. The van der Waals surface area contributed by atoms with Crippen molar-refractivity contribution in [2.75, 3.05) is 0 Å². The third kappa shape index (κ3) is 2.72. The Labute approximate surface area is 113 Å². The van der Waals surface area contributed by atoms with Gasteiger partial charge in [0.2, 0.25) is 0 Å². The zero-order chi connectivity index (χ0) is 14.0. The molecule has 0 bridgehead atoms. The highest BCUT2D eigenvalue weighted by molar-refractivity contribution is 6.18. The number of esters is 1. The molecule has 2 aliphatic rings. The fourth-order valence-electron chi connectivity index (χ4n) is 3.27. The van der Waals surface area contributed by atoms with E-state index in [1.807, 2.05) is 0 Å². The molecule has 0 aromatic heterocycles. The Balaban J connectivity index is 2.07. The molecule has 1 aliphatic carbocycles. The number of Topliss-reactive ketones (excluding diaryl/α,β-unsaturated/α-hetero) is 2. The Morgan fingerprint density at radius 3 is 2.37 bits per heavy atom. The first-order valence-electron chi connectivity index (χ1n) is 7.29. The molecular formula is C15H22O4. The van der Waals surface area contributed by atoms with Gasteiger partial charge in [-0.15, -0.1) is 0 Å². The third-order valence-electron chi connectivity index (χ3n) is 4.64. The van der Waals surface area contributed by atoms with Gasteiger partial charge in [0.15, 0.2) is 17.5 Å². The zero-order valence-electron chi connectivity index (χ0n) is 11.7. The van der Waals surface area contributed by atoms with Crippen molar-refractivity contribution in [3.63, 3.8) is 0 Å². The number of rotatable bonds is 3. The van der Waals surface area contributed by atoms with Crippen LogP contribution in [-0.4, -0.2) is 23.1 Å². The number of ether oxygens (including phenoxy) is 1. The molecule has 0 aromatic rings. The Morgan fingerprint density at radius 2 is 1.89 bits per heavy atom. The summed E-state index contributed by atoms with van der Waals surface area (Å²) < 4.78 is 5.53. The molecule has 0 N–H and O–H groups in total. The molecule has 1 spiro atoms. The molecule has 1 unspecified atom stereocenters. The van der Waals surface area contributed by atoms with Crippen molar-refractivity contribution >= 4 is 17.5 Å². The highest BCUT2D eigenvalue weighted by Gasteiger charge is 2.50. The largest absolute Gasteiger partial charge is 0.458 e. The van der Waals surface area contributed by atoms with Crippen LogP contribution >= 0.6 is 0 Å². The first-order chi connectivity index (χ1) is 9.01. The van der Waals surface area contributed by atoms with E-state index in [4.69, 9.17) is 4.74 Å². The average Bonchev–Trinajstić information content (AvgIpc) is 2.38. The third-order valence-corrected chi connectivity index (χ3v) is 4.64. The van der Waals surface area contributed by atoms with E-state index in [9.17, 15) is 14.4 Å². The molecule has 2 fully saturated rings. The number of hydrogen-bond acceptors (Lipinski definition) is 4. The van der Waals surface area contributed by atoms with Crippen molar-refractivity contribution in [1.29, 1.82) is 0 Å². The minimum atomic E-state index is -1.15. The van der Waals surface area contributed by atoms with Gasteiger partial charge in [-0.2, -0.15) is 0 Å². The summed E-state index contributed by atoms with van der Waals surface area (Å²) in [5, 5.41) is 0. The lowest BCUT2D eigenvalue weighted by molar-refractivity contribution is -0.182. The highest BCUT2D eigenvalue weighted by atomic mass is 16.6. The van der Waals surface area contributed by atoms with E-state index in [2.05, 4.69) is 6.92 Å². The minimum absolute atomic E-state index is 0.205. The molecule has 0 amide bonds. The highest BCUT2D eigenvalue weighted by Crippen LogP contribution is 2.42. The summed E-state index contributed by atoms with van der Waals surface area (Å²) in [6.45, 7) is 3.83. The Hall–Kier alpha value is -1.19. The lowest BCUT2D eigenvalue weighted by Gasteiger charge is -2.42. The fraction of sp³-hybridized carbons (Fsp3) is 0.800. The van der Waals surface area contributed by atoms with Gasteiger partial charge in [-0.05, 0) is 31.6 Å². The molecule has 0 radical (unpaired) electrons. The number of carbonyl (C=O) groups excluding carboxylic acids is 3. The van der Waals surface area contributed by atoms with Crippen LogP contribution in [0, 0.1) is 11.8 Å². The molecular weight excluding hydrogens is 244 g/mol. The Morgan fingerprint density at radius 1 is 1.26 bits per heavy atom. The molecule has 1 saturated heterocycles. The maximum absolute atomic E-state index is 12.1. The van der Waals surface area contributed by atoms with E-state index in [-0.39, 0.29) is 24.4 Å². The van der Waals surface area contributed by atoms with E-state index < -0.39 is 17.5 Å². The van der Waals surface area contributed by atoms with Crippen LogP contribution in [0.1, 0.15) is 58.8 Å². The molecule has 0 aromatic carbocycles. The zero-order valence-corrected chi connectivity index (χ0v) is 11.7. The normalized spacial score (nSPS) is 35.3. The fourth-order valence-corrected chi connectivity index (χ4v) is 3.27. The molecule has 4 heteroatoms. The standard InChI is InChI=1S/C15H22O4/c1-3-10-5-7-15(8-6-10)9-12(17)13(11(16)4-2)14(18)19-15/h10,13H,3-9H2,1-2H3. The van der Waals surface area contributed by atoms with Crippen LogP contribution < -0.4 is 0 Å². The summed E-state index contributed by atoms with van der Waals surface area (Å²) in [5.41, 5.74) is -0.607. The van der Waals surface area contributed by atoms with Crippen LogP contribution in [0.4, 0.5) is 0 Å². The summed E-state index contributed by atoms with van der Waals surface area (Å²) in [7, 11) is 0. The SMILES string of the molecule is CCC(=O)C1C(=O)CC2(CCC(CC)CC2)OC1=O. The second-order valence-electron chi connectivity index (χ2n) is 5.85. The smallest absolute Gasteiger partial charge is 0.324 e. The molecule has 1 aliphatic heterocycles. The van der Waals surface area contributed by atoms with Crippen LogP contribution in [0.5, 0.6) is 0 Å². The van der Waals surface area contributed by atoms with Crippen molar-refractivity contribution in [1.82, 2.24) is 0 Å². The van der Waals surface area contributed by atoms with Gasteiger partial charge in [0.25, 0.3) is 0 Å². The molecule has 1 saturated carbocycles. The molecule has 4 nitrogen and oxygen atoms in total. The Kier molecular flexibility index (Phi) is 4.07. The molecule has 106 valence electrons. The second kappa shape index (κ2) is 5.43. The topological polar surface area (TPSA) is 60.4 Å². The van der Waals surface area contributed by atoms with Crippen molar-refractivity contribution in [2.24, 2.45) is 11.8 Å². The summed E-state index contributed by atoms with van der Waals surface area (Å²) in [4.78, 5) is 35.7. The van der Waals surface area contributed by atoms with Gasteiger partial charge in [0.1, 0.15) is 5.60 Å². The van der Waals surface area contributed by atoms with Crippen molar-refractivity contribution in [2.45, 2.75) is 64.4 Å². The van der Waals surface area contributed by atoms with Crippen LogP contribution in [0.15, 0.2) is 0 Å². The maximum Gasteiger partial charge on any atom is 0.324 e. The van der Waals surface area contributed by atoms with E-state index in [1.165, 1.54) is 0 Å². The maximum atomic E-state index is 12.1. The summed E-state index contributed by atoms with van der Waals surface area (Å²) in [5.74, 6) is -1.64. The van der Waals surface area contributed by atoms with E-state index in [0.717, 1.165) is 32.1 Å². The van der Waals surface area contributed by atoms with Gasteiger partial charge in [0.05, 0.1) is 0 Å². The van der Waals surface area contributed by atoms with Crippen LogP contribution in [0.3, 0.4) is 0 Å². The lowest BCUT2D eigenvalue weighted by atomic mass is 9.72. The monoisotopic (exact) mass is 266 g/mol. The number of hydrogen-bond donors (Lipinski definition) is 0. The molecule has 2 rings (SSSR count). The average molecular weight is 266 g/mol. The summed E-state index contributed by atoms with van der Waals surface area (Å²) >= 11 is 0. The summed E-state index contributed by atoms with van der Waals surface area (Å²) in [6.07, 6.45) is 5.09. The quantitative estimate of drug-likeness (QED) is 0.581. The first-order valence-corrected chi connectivity index (χ1v) is 7.29. The van der Waals surface area contributed by atoms with E-state index in [1.54, 1.807) is 6.92 Å². The molecule has 1 atom stereocenters. The lowest BCUT2D eigenvalue weighted by Crippen LogP contribution is -2.51. The van der Waals surface area contributed by atoms with Gasteiger partial charge in [-0.25, -0.2) is 0 Å². The van der Waals surface area contributed by atoms with Gasteiger partial charge >= 0.3 is 5.97 Å². The van der Waals surface area contributed by atoms with Gasteiger partial charge in [-0.3, -0.25) is 14.4 Å². The number of ketones is 2. The predicted octanol–water partition coefficient (Wildman–Crippen LogP) is 2.44. The second-order valence-corrected chi connectivity index (χ2v) is 5.85. The summed E-state index contributed by atoms with van der Waals surface area (Å²) in [6, 6.07) is 0. The van der Waals surface area contributed by atoms with Crippen LogP contribution in [-0.2, 0) is 19.1 Å². The molecule has 1 heterocycles. The van der Waals surface area contributed by atoms with Crippen molar-refractivity contribution in [3.05, 3.63) is 0 Å².